The van der Waals surface area contributed by atoms with Crippen LogP contribution in [0, 0.1) is 5.92 Å². The Morgan fingerprint density at radius 3 is 3.17 bits per heavy atom. The standard InChI is InChI=1S/C16H19N5O2S/c22-13(21-7-3-5-10-4-1-2-6-12(10)21)9-24-16-18-14-11(8-17-20-14)15(23)19-16/h1-2,4,6,11,14,17,20H,3,5,7-9H2,(H,18,19,23). The summed E-state index contributed by atoms with van der Waals surface area (Å²) in [5.41, 5.74) is 8.14. The number of hydrazine groups is 1. The summed E-state index contributed by atoms with van der Waals surface area (Å²) in [5.74, 6) is 0.0756. The van der Waals surface area contributed by atoms with Crippen molar-refractivity contribution in [3.63, 3.8) is 0 Å². The van der Waals surface area contributed by atoms with Gasteiger partial charge in [-0.2, -0.15) is 0 Å². The van der Waals surface area contributed by atoms with Gasteiger partial charge in [0, 0.05) is 18.8 Å². The molecule has 24 heavy (non-hydrogen) atoms. The Balaban J connectivity index is 1.42. The lowest BCUT2D eigenvalue weighted by Crippen LogP contribution is -2.46. The predicted molar refractivity (Wildman–Crippen MR) is 93.6 cm³/mol. The molecule has 1 aromatic carbocycles. The molecule has 126 valence electrons. The Morgan fingerprint density at radius 2 is 2.25 bits per heavy atom. The molecule has 1 fully saturated rings. The van der Waals surface area contributed by atoms with Gasteiger partial charge in [-0.1, -0.05) is 30.0 Å². The Morgan fingerprint density at radius 1 is 1.38 bits per heavy atom. The van der Waals surface area contributed by atoms with Crippen LogP contribution in [0.4, 0.5) is 5.69 Å². The number of rotatable bonds is 2. The minimum atomic E-state index is -0.243. The van der Waals surface area contributed by atoms with Gasteiger partial charge in [-0.05, 0) is 24.5 Å². The number of benzene rings is 1. The molecule has 2 amide bonds. The fraction of sp³-hybridized carbons (Fsp3) is 0.438. The van der Waals surface area contributed by atoms with Crippen LogP contribution in [0.2, 0.25) is 0 Å². The van der Waals surface area contributed by atoms with Gasteiger partial charge in [0.05, 0.1) is 11.7 Å². The van der Waals surface area contributed by atoms with Crippen LogP contribution in [0.3, 0.4) is 0 Å². The molecule has 0 bridgehead atoms. The SMILES string of the molecule is O=C1NC(SCC(=O)N2CCCc3ccccc32)=NC2NNCC12. The maximum Gasteiger partial charge on any atom is 0.237 e. The molecule has 0 radical (unpaired) electrons. The molecular formula is C16H19N5O2S. The summed E-state index contributed by atoms with van der Waals surface area (Å²) < 4.78 is 0. The number of fused-ring (bicyclic) bond motifs is 2. The summed E-state index contributed by atoms with van der Waals surface area (Å²) in [5, 5.41) is 3.30. The van der Waals surface area contributed by atoms with E-state index in [-0.39, 0.29) is 29.7 Å². The largest absolute Gasteiger partial charge is 0.311 e. The number of aryl methyl sites for hydroxylation is 1. The van der Waals surface area contributed by atoms with Crippen LogP contribution in [-0.4, -0.2) is 42.0 Å². The molecule has 3 heterocycles. The second-order valence-corrected chi connectivity index (χ2v) is 7.03. The molecule has 3 N–H and O–H groups in total. The third-order valence-corrected chi connectivity index (χ3v) is 5.39. The number of carbonyl (C=O) groups excluding carboxylic acids is 2. The summed E-state index contributed by atoms with van der Waals surface area (Å²) in [7, 11) is 0. The maximum absolute atomic E-state index is 12.6. The summed E-state index contributed by atoms with van der Waals surface area (Å²) in [6.07, 6.45) is 1.74. The van der Waals surface area contributed by atoms with Crippen molar-refractivity contribution >= 4 is 34.4 Å². The van der Waals surface area contributed by atoms with E-state index in [4.69, 9.17) is 0 Å². The molecule has 3 aliphatic heterocycles. The maximum atomic E-state index is 12.6. The van der Waals surface area contributed by atoms with E-state index >= 15 is 0 Å². The van der Waals surface area contributed by atoms with E-state index in [2.05, 4.69) is 27.2 Å². The van der Waals surface area contributed by atoms with Gasteiger partial charge >= 0.3 is 0 Å². The lowest BCUT2D eigenvalue weighted by molar-refractivity contribution is -0.123. The van der Waals surface area contributed by atoms with E-state index in [0.29, 0.717) is 11.7 Å². The van der Waals surface area contributed by atoms with E-state index in [9.17, 15) is 9.59 Å². The highest BCUT2D eigenvalue weighted by molar-refractivity contribution is 8.14. The minimum Gasteiger partial charge on any atom is -0.311 e. The second-order valence-electron chi connectivity index (χ2n) is 6.07. The molecule has 0 spiro atoms. The van der Waals surface area contributed by atoms with Gasteiger partial charge in [0.1, 0.15) is 6.17 Å². The van der Waals surface area contributed by atoms with Gasteiger partial charge < -0.3 is 10.2 Å². The fourth-order valence-electron chi connectivity index (χ4n) is 3.27. The van der Waals surface area contributed by atoms with E-state index in [1.54, 1.807) is 0 Å². The van der Waals surface area contributed by atoms with E-state index in [0.717, 1.165) is 25.1 Å². The van der Waals surface area contributed by atoms with E-state index in [1.807, 2.05) is 23.1 Å². The first-order chi connectivity index (χ1) is 11.7. The summed E-state index contributed by atoms with van der Waals surface area (Å²) >= 11 is 1.29. The minimum absolute atomic E-state index is 0.0451. The van der Waals surface area contributed by atoms with Crippen LogP contribution in [0.15, 0.2) is 29.3 Å². The molecule has 8 heteroatoms. The van der Waals surface area contributed by atoms with E-state index < -0.39 is 0 Å². The molecule has 2 atom stereocenters. The average molecular weight is 345 g/mol. The van der Waals surface area contributed by atoms with Crippen LogP contribution < -0.4 is 21.1 Å². The van der Waals surface area contributed by atoms with Crippen molar-refractivity contribution in [1.82, 2.24) is 16.2 Å². The molecule has 0 saturated carbocycles. The van der Waals surface area contributed by atoms with Crippen molar-refractivity contribution in [2.24, 2.45) is 10.9 Å². The second kappa shape index (κ2) is 6.54. The zero-order chi connectivity index (χ0) is 16.5. The first kappa shape index (κ1) is 15.6. The smallest absolute Gasteiger partial charge is 0.237 e. The number of nitrogens with one attached hydrogen (secondary N) is 3. The number of carbonyl (C=O) groups is 2. The van der Waals surface area contributed by atoms with Crippen molar-refractivity contribution in [3.8, 4) is 0 Å². The number of hydrogen-bond donors (Lipinski definition) is 3. The number of aliphatic imine (C=N–C) groups is 1. The molecule has 7 nitrogen and oxygen atoms in total. The van der Waals surface area contributed by atoms with Crippen LogP contribution in [-0.2, 0) is 16.0 Å². The van der Waals surface area contributed by atoms with Gasteiger partial charge in [-0.3, -0.25) is 15.0 Å². The summed E-state index contributed by atoms with van der Waals surface area (Å²) in [6.45, 7) is 1.31. The Bertz CT molecular complexity index is 707. The molecule has 1 saturated heterocycles. The number of hydrogen-bond acceptors (Lipinski definition) is 6. The van der Waals surface area contributed by atoms with Crippen molar-refractivity contribution < 1.29 is 9.59 Å². The molecule has 3 aliphatic rings. The van der Waals surface area contributed by atoms with Crippen molar-refractivity contribution in [3.05, 3.63) is 29.8 Å². The first-order valence-electron chi connectivity index (χ1n) is 8.10. The van der Waals surface area contributed by atoms with Gasteiger partial charge in [-0.15, -0.1) is 0 Å². The molecule has 1 aromatic rings. The Kier molecular flexibility index (Phi) is 4.26. The highest BCUT2D eigenvalue weighted by atomic mass is 32.2. The summed E-state index contributed by atoms with van der Waals surface area (Å²) in [4.78, 5) is 30.9. The van der Waals surface area contributed by atoms with Crippen LogP contribution in [0.1, 0.15) is 12.0 Å². The molecular weight excluding hydrogens is 326 g/mol. The number of anilines is 1. The lowest BCUT2D eigenvalue weighted by Gasteiger charge is -2.29. The first-order valence-corrected chi connectivity index (χ1v) is 9.09. The molecule has 0 aliphatic carbocycles. The van der Waals surface area contributed by atoms with Crippen LogP contribution in [0.25, 0.3) is 0 Å². The Labute approximate surface area is 144 Å². The van der Waals surface area contributed by atoms with Gasteiger partial charge in [0.15, 0.2) is 5.17 Å². The Hall–Kier alpha value is -1.90. The van der Waals surface area contributed by atoms with Crippen LogP contribution in [0.5, 0.6) is 0 Å². The lowest BCUT2D eigenvalue weighted by atomic mass is 10.0. The van der Waals surface area contributed by atoms with Crippen molar-refractivity contribution in [2.75, 3.05) is 23.7 Å². The number of thioether (sulfide) groups is 1. The molecule has 0 aromatic heterocycles. The highest BCUT2D eigenvalue weighted by Gasteiger charge is 2.37. The predicted octanol–water partition coefficient (Wildman–Crippen LogP) is 0.235. The fourth-order valence-corrected chi connectivity index (χ4v) is 4.05. The zero-order valence-corrected chi connectivity index (χ0v) is 13.9. The monoisotopic (exact) mass is 345 g/mol. The highest BCUT2D eigenvalue weighted by Crippen LogP contribution is 2.27. The van der Waals surface area contributed by atoms with Gasteiger partial charge in [0.25, 0.3) is 0 Å². The third kappa shape index (κ3) is 2.92. The number of amidine groups is 1. The zero-order valence-electron chi connectivity index (χ0n) is 13.1. The summed E-state index contributed by atoms with van der Waals surface area (Å²) in [6, 6.07) is 8.04. The quantitative estimate of drug-likeness (QED) is 0.715. The number of para-hydroxylation sites is 1. The van der Waals surface area contributed by atoms with Crippen molar-refractivity contribution in [2.45, 2.75) is 19.0 Å². The van der Waals surface area contributed by atoms with Gasteiger partial charge in [-0.25, -0.2) is 10.4 Å². The normalized spacial score (nSPS) is 25.6. The molecule has 2 unspecified atom stereocenters. The third-order valence-electron chi connectivity index (χ3n) is 4.52. The van der Waals surface area contributed by atoms with Crippen molar-refractivity contribution in [1.29, 1.82) is 0 Å². The van der Waals surface area contributed by atoms with Gasteiger partial charge in [0.2, 0.25) is 11.8 Å². The molecule has 4 rings (SSSR count). The average Bonchev–Trinajstić information content (AvgIpc) is 3.08. The number of amides is 2. The number of nitrogens with zero attached hydrogens (tertiary/aromatic N) is 2. The van der Waals surface area contributed by atoms with E-state index in [1.165, 1.54) is 17.3 Å². The van der Waals surface area contributed by atoms with Crippen LogP contribution >= 0.6 is 11.8 Å². The topological polar surface area (TPSA) is 85.8 Å².